The first-order chi connectivity index (χ1) is 13.0. The highest BCUT2D eigenvalue weighted by Crippen LogP contribution is 2.71. The zero-order valence-electron chi connectivity index (χ0n) is 18.6. The van der Waals surface area contributed by atoms with Crippen LogP contribution in [0.2, 0.25) is 0 Å². The Morgan fingerprint density at radius 1 is 1.07 bits per heavy atom. The van der Waals surface area contributed by atoms with Crippen molar-refractivity contribution in [2.45, 2.75) is 92.6 Å². The zero-order valence-corrected chi connectivity index (χ0v) is 18.6. The van der Waals surface area contributed by atoms with Crippen LogP contribution in [-0.4, -0.2) is 17.9 Å². The first-order valence-corrected chi connectivity index (χ1v) is 11.4. The smallest absolute Gasteiger partial charge is 0.302 e. The van der Waals surface area contributed by atoms with Gasteiger partial charge in [-0.1, -0.05) is 39.3 Å². The molecule has 0 bridgehead atoms. The van der Waals surface area contributed by atoms with E-state index in [1.807, 2.05) is 6.92 Å². The molecule has 28 heavy (non-hydrogen) atoms. The van der Waals surface area contributed by atoms with E-state index < -0.39 is 0 Å². The molecule has 3 heteroatoms. The first kappa shape index (κ1) is 20.2. The number of ketones is 1. The molecule has 4 aliphatic carbocycles. The van der Waals surface area contributed by atoms with Crippen LogP contribution < -0.4 is 0 Å². The molecule has 0 aromatic heterocycles. The number of hydrogen-bond donors (Lipinski definition) is 0. The Morgan fingerprint density at radius 2 is 1.79 bits per heavy atom. The molecule has 3 saturated carbocycles. The molecule has 0 heterocycles. The first-order valence-electron chi connectivity index (χ1n) is 11.4. The maximum Gasteiger partial charge on any atom is 0.302 e. The molecule has 3 nitrogen and oxygen atoms in total. The fourth-order valence-electron chi connectivity index (χ4n) is 8.29. The second-order valence-corrected chi connectivity index (χ2v) is 11.1. The second-order valence-electron chi connectivity index (χ2n) is 11.1. The van der Waals surface area contributed by atoms with Crippen LogP contribution in [0.1, 0.15) is 86.5 Å². The summed E-state index contributed by atoms with van der Waals surface area (Å²) in [4.78, 5) is 24.2. The lowest BCUT2D eigenvalue weighted by molar-refractivity contribution is -0.150. The molecule has 0 amide bonds. The van der Waals surface area contributed by atoms with E-state index in [2.05, 4.69) is 33.8 Å². The fourth-order valence-corrected chi connectivity index (χ4v) is 8.29. The second kappa shape index (κ2) is 6.44. The molecule has 0 saturated heterocycles. The van der Waals surface area contributed by atoms with Crippen molar-refractivity contribution >= 4 is 11.8 Å². The summed E-state index contributed by atoms with van der Waals surface area (Å²) >= 11 is 0. The number of carbonyl (C=O) groups excluding carboxylic acids is 2. The van der Waals surface area contributed by atoms with Gasteiger partial charge >= 0.3 is 5.97 Å². The molecule has 0 aromatic rings. The molecular formula is C25H38O3. The standard InChI is InChI=1S/C25H38O3/c1-15-13-22-20-8-7-18-14-19(28-17(3)27)9-11-23(18,4)21(20)10-12-24(22,5)25(15,6)16(2)26/h7,15,19-22H,8-14H2,1-6H3/t15-,19-,20-,21-,22-,23+,24+,25-/m1/s1. The van der Waals surface area contributed by atoms with E-state index >= 15 is 0 Å². The number of esters is 1. The molecule has 0 unspecified atom stereocenters. The van der Waals surface area contributed by atoms with Crippen molar-refractivity contribution in [3.8, 4) is 0 Å². The minimum atomic E-state index is -0.180. The molecular weight excluding hydrogens is 348 g/mol. The van der Waals surface area contributed by atoms with Gasteiger partial charge in [0.2, 0.25) is 0 Å². The van der Waals surface area contributed by atoms with Crippen molar-refractivity contribution in [2.24, 2.45) is 39.9 Å². The highest BCUT2D eigenvalue weighted by molar-refractivity contribution is 5.83. The van der Waals surface area contributed by atoms with E-state index in [9.17, 15) is 9.59 Å². The predicted octanol–water partition coefficient (Wildman–Crippen LogP) is 5.72. The van der Waals surface area contributed by atoms with Crippen molar-refractivity contribution in [3.05, 3.63) is 11.6 Å². The molecule has 0 spiro atoms. The lowest BCUT2D eigenvalue weighted by Gasteiger charge is -2.59. The van der Waals surface area contributed by atoms with Crippen molar-refractivity contribution in [3.63, 3.8) is 0 Å². The van der Waals surface area contributed by atoms with E-state index in [0.29, 0.717) is 29.5 Å². The normalized spacial score (nSPS) is 50.1. The Balaban J connectivity index is 1.64. The number of ether oxygens (including phenoxy) is 1. The summed E-state index contributed by atoms with van der Waals surface area (Å²) in [5.74, 6) is 2.77. The number of allylic oxidation sites excluding steroid dienone is 1. The summed E-state index contributed by atoms with van der Waals surface area (Å²) in [6, 6.07) is 0. The molecule has 156 valence electrons. The van der Waals surface area contributed by atoms with Crippen molar-refractivity contribution in [2.75, 3.05) is 0 Å². The highest BCUT2D eigenvalue weighted by Gasteiger charge is 2.66. The van der Waals surface area contributed by atoms with Gasteiger partial charge in [-0.05, 0) is 80.0 Å². The fraction of sp³-hybridized carbons (Fsp3) is 0.840. The molecule has 0 N–H and O–H groups in total. The average molecular weight is 387 g/mol. The van der Waals surface area contributed by atoms with Gasteiger partial charge in [-0.25, -0.2) is 0 Å². The third kappa shape index (κ3) is 2.53. The van der Waals surface area contributed by atoms with E-state index in [1.54, 1.807) is 0 Å². The topological polar surface area (TPSA) is 43.4 Å². The minimum Gasteiger partial charge on any atom is -0.462 e. The zero-order chi connectivity index (χ0) is 20.5. The van der Waals surface area contributed by atoms with Gasteiger partial charge in [0.1, 0.15) is 11.9 Å². The van der Waals surface area contributed by atoms with Crippen LogP contribution in [0.4, 0.5) is 0 Å². The monoisotopic (exact) mass is 386 g/mol. The highest BCUT2D eigenvalue weighted by atomic mass is 16.5. The van der Waals surface area contributed by atoms with Crippen LogP contribution >= 0.6 is 0 Å². The largest absolute Gasteiger partial charge is 0.462 e. The summed E-state index contributed by atoms with van der Waals surface area (Å²) in [5, 5.41) is 0. The maximum atomic E-state index is 12.8. The summed E-state index contributed by atoms with van der Waals surface area (Å²) in [6.07, 6.45) is 10.3. The van der Waals surface area contributed by atoms with E-state index in [1.165, 1.54) is 31.8 Å². The van der Waals surface area contributed by atoms with Crippen LogP contribution in [-0.2, 0) is 14.3 Å². The lowest BCUT2D eigenvalue weighted by atomic mass is 9.45. The van der Waals surface area contributed by atoms with E-state index in [-0.39, 0.29) is 28.3 Å². The Kier molecular flexibility index (Phi) is 4.64. The molecule has 3 fully saturated rings. The number of Topliss-reactive ketones (excluding diaryl/α,β-unsaturated/α-hetero) is 1. The Labute approximate surface area is 170 Å². The number of hydrogen-bond acceptors (Lipinski definition) is 3. The molecule has 0 aliphatic heterocycles. The van der Waals surface area contributed by atoms with Gasteiger partial charge < -0.3 is 4.74 Å². The quantitative estimate of drug-likeness (QED) is 0.450. The van der Waals surface area contributed by atoms with Gasteiger partial charge in [0.05, 0.1) is 0 Å². The summed E-state index contributed by atoms with van der Waals surface area (Å²) < 4.78 is 5.56. The molecule has 8 atom stereocenters. The van der Waals surface area contributed by atoms with Crippen LogP contribution in [0.3, 0.4) is 0 Å². The molecule has 0 aromatic carbocycles. The van der Waals surface area contributed by atoms with Gasteiger partial charge in [0.25, 0.3) is 0 Å². The minimum absolute atomic E-state index is 0.0646. The number of fused-ring (bicyclic) bond motifs is 5. The molecule has 0 radical (unpaired) electrons. The predicted molar refractivity (Wildman–Crippen MR) is 111 cm³/mol. The summed E-state index contributed by atoms with van der Waals surface area (Å²) in [7, 11) is 0. The third-order valence-corrected chi connectivity index (χ3v) is 10.3. The Hall–Kier alpha value is -1.12. The Morgan fingerprint density at radius 3 is 2.43 bits per heavy atom. The van der Waals surface area contributed by atoms with Gasteiger partial charge in [0, 0.05) is 18.8 Å². The molecule has 4 rings (SSSR count). The SMILES string of the molecule is CC(=O)O[C@@H]1CC[C@@]2(C)C(=CC[C@@H]3[C@H]2CC[C@@]2(C)[C@@H]3C[C@@H](C)[C@]2(C)C(C)=O)C1. The van der Waals surface area contributed by atoms with Gasteiger partial charge in [-0.15, -0.1) is 0 Å². The number of carbonyl (C=O) groups is 2. The van der Waals surface area contributed by atoms with Crippen molar-refractivity contribution in [1.29, 1.82) is 0 Å². The Bertz CT molecular complexity index is 723. The van der Waals surface area contributed by atoms with Crippen molar-refractivity contribution < 1.29 is 14.3 Å². The van der Waals surface area contributed by atoms with Gasteiger partial charge in [-0.3, -0.25) is 9.59 Å². The van der Waals surface area contributed by atoms with Crippen LogP contribution in [0, 0.1) is 39.9 Å². The summed E-state index contributed by atoms with van der Waals surface area (Å²) in [5.41, 5.74) is 1.74. The van der Waals surface area contributed by atoms with Crippen molar-refractivity contribution in [1.82, 2.24) is 0 Å². The van der Waals surface area contributed by atoms with E-state index in [4.69, 9.17) is 4.74 Å². The van der Waals surface area contributed by atoms with Crippen LogP contribution in [0.25, 0.3) is 0 Å². The van der Waals surface area contributed by atoms with E-state index in [0.717, 1.165) is 25.7 Å². The van der Waals surface area contributed by atoms with Crippen LogP contribution in [0.15, 0.2) is 11.6 Å². The summed E-state index contributed by atoms with van der Waals surface area (Å²) in [6.45, 7) is 12.8. The lowest BCUT2D eigenvalue weighted by Crippen LogP contribution is -2.53. The van der Waals surface area contributed by atoms with Gasteiger partial charge in [0.15, 0.2) is 0 Å². The third-order valence-electron chi connectivity index (χ3n) is 10.3. The number of rotatable bonds is 2. The maximum absolute atomic E-state index is 12.8. The molecule has 4 aliphatic rings. The van der Waals surface area contributed by atoms with Gasteiger partial charge in [-0.2, -0.15) is 0 Å². The van der Waals surface area contributed by atoms with Crippen LogP contribution in [0.5, 0.6) is 0 Å². The average Bonchev–Trinajstić information content (AvgIpc) is 2.83.